The summed E-state index contributed by atoms with van der Waals surface area (Å²) in [6.07, 6.45) is 1.69. The van der Waals surface area contributed by atoms with Gasteiger partial charge in [-0.3, -0.25) is 5.43 Å². The van der Waals surface area contributed by atoms with Gasteiger partial charge < -0.3 is 15.3 Å². The maximum atomic E-state index is 8.96. The van der Waals surface area contributed by atoms with E-state index < -0.39 is 0 Å². The molecule has 0 unspecified atom stereocenters. The van der Waals surface area contributed by atoms with Crippen LogP contribution in [-0.4, -0.2) is 36.6 Å². The molecule has 5 nitrogen and oxygen atoms in total. The molecule has 0 aliphatic heterocycles. The zero-order valence-electron chi connectivity index (χ0n) is 14.2. The first-order chi connectivity index (χ1) is 12.0. The number of likely N-dealkylation sites (N-methyl/N-ethyl adjacent to an activating group) is 1. The second kappa shape index (κ2) is 9.36. The van der Waals surface area contributed by atoms with Gasteiger partial charge >= 0.3 is 0 Å². The summed E-state index contributed by atoms with van der Waals surface area (Å²) in [6, 6.07) is 13.4. The van der Waals surface area contributed by atoms with Crippen molar-refractivity contribution in [3.8, 4) is 0 Å². The van der Waals surface area contributed by atoms with Gasteiger partial charge in [0.05, 0.1) is 12.8 Å². The first-order valence-electron chi connectivity index (χ1n) is 7.78. The minimum absolute atomic E-state index is 0.125. The topological polar surface area (TPSA) is 59.9 Å². The number of rotatable bonds is 6. The molecule has 0 saturated carbocycles. The summed E-state index contributed by atoms with van der Waals surface area (Å²) < 4.78 is 0. The summed E-state index contributed by atoms with van der Waals surface area (Å²) in [6.45, 7) is 2.64. The molecule has 0 saturated heterocycles. The predicted molar refractivity (Wildman–Crippen MR) is 110 cm³/mol. The molecule has 2 rings (SSSR count). The fourth-order valence-electron chi connectivity index (χ4n) is 2.15. The highest BCUT2D eigenvalue weighted by molar-refractivity contribution is 7.80. The summed E-state index contributed by atoms with van der Waals surface area (Å²) in [5.41, 5.74) is 6.54. The predicted octanol–water partition coefficient (Wildman–Crippen LogP) is 3.40. The van der Waals surface area contributed by atoms with Crippen molar-refractivity contribution in [1.29, 1.82) is 0 Å². The highest BCUT2D eigenvalue weighted by Crippen LogP contribution is 2.22. The standard InChI is InChI=1S/C18H21ClN4OS/c1-13-16(19)4-3-5-17(13)21-18(25)22-20-12-14-6-8-15(9-7-14)23(2)10-11-24/h3-9,12,24H,10-11H2,1-2H3,(H2,21,22,25)/b20-12-. The Morgan fingerprint density at radius 2 is 2.00 bits per heavy atom. The van der Waals surface area contributed by atoms with Gasteiger partial charge in [0.1, 0.15) is 0 Å². The fraction of sp³-hybridized carbons (Fsp3) is 0.222. The number of nitrogens with one attached hydrogen (secondary N) is 2. The number of hydrazone groups is 1. The maximum absolute atomic E-state index is 8.96. The van der Waals surface area contributed by atoms with Crippen LogP contribution in [0.25, 0.3) is 0 Å². The van der Waals surface area contributed by atoms with Gasteiger partial charge in [-0.15, -0.1) is 0 Å². The first kappa shape index (κ1) is 19.2. The van der Waals surface area contributed by atoms with Crippen LogP contribution in [0.4, 0.5) is 11.4 Å². The quantitative estimate of drug-likeness (QED) is 0.410. The monoisotopic (exact) mass is 376 g/mol. The molecular weight excluding hydrogens is 356 g/mol. The minimum atomic E-state index is 0.125. The Morgan fingerprint density at radius 3 is 2.68 bits per heavy atom. The van der Waals surface area contributed by atoms with E-state index in [2.05, 4.69) is 15.8 Å². The van der Waals surface area contributed by atoms with E-state index in [0.29, 0.717) is 16.7 Å². The first-order valence-corrected chi connectivity index (χ1v) is 8.57. The molecule has 0 aliphatic carbocycles. The van der Waals surface area contributed by atoms with E-state index in [9.17, 15) is 0 Å². The Hall–Kier alpha value is -2.15. The molecule has 0 bridgehead atoms. The van der Waals surface area contributed by atoms with Crippen molar-refractivity contribution in [2.24, 2.45) is 5.10 Å². The van der Waals surface area contributed by atoms with Crippen molar-refractivity contribution in [3.63, 3.8) is 0 Å². The third kappa shape index (κ3) is 5.70. The van der Waals surface area contributed by atoms with E-state index in [-0.39, 0.29) is 6.61 Å². The van der Waals surface area contributed by atoms with Crippen molar-refractivity contribution in [3.05, 3.63) is 58.6 Å². The van der Waals surface area contributed by atoms with Crippen molar-refractivity contribution < 1.29 is 5.11 Å². The van der Waals surface area contributed by atoms with Gasteiger partial charge in [-0.2, -0.15) is 5.10 Å². The van der Waals surface area contributed by atoms with Gasteiger partial charge in [0.25, 0.3) is 0 Å². The van der Waals surface area contributed by atoms with Crippen LogP contribution in [0.5, 0.6) is 0 Å². The van der Waals surface area contributed by atoms with E-state index in [1.165, 1.54) is 0 Å². The van der Waals surface area contributed by atoms with Crippen molar-refractivity contribution >= 4 is 46.5 Å². The van der Waals surface area contributed by atoms with E-state index in [4.69, 9.17) is 28.9 Å². The summed E-state index contributed by atoms with van der Waals surface area (Å²) in [4.78, 5) is 1.98. The molecule has 0 spiro atoms. The number of aliphatic hydroxyl groups excluding tert-OH is 1. The number of thiocarbonyl (C=S) groups is 1. The van der Waals surface area contributed by atoms with Gasteiger partial charge in [0.15, 0.2) is 5.11 Å². The summed E-state index contributed by atoms with van der Waals surface area (Å²) in [5.74, 6) is 0. The van der Waals surface area contributed by atoms with Crippen molar-refractivity contribution in [2.75, 3.05) is 30.4 Å². The number of hydrogen-bond donors (Lipinski definition) is 3. The number of halogens is 1. The van der Waals surface area contributed by atoms with Crippen molar-refractivity contribution in [1.82, 2.24) is 5.43 Å². The lowest BCUT2D eigenvalue weighted by Gasteiger charge is -2.17. The molecule has 7 heteroatoms. The highest BCUT2D eigenvalue weighted by Gasteiger charge is 2.03. The van der Waals surface area contributed by atoms with Crippen LogP contribution in [0.1, 0.15) is 11.1 Å². The summed E-state index contributed by atoms with van der Waals surface area (Å²) >= 11 is 11.3. The lowest BCUT2D eigenvalue weighted by atomic mass is 10.2. The molecule has 0 heterocycles. The normalized spacial score (nSPS) is 10.7. The Balaban J connectivity index is 1.90. The number of nitrogens with zero attached hydrogens (tertiary/aromatic N) is 2. The van der Waals surface area contributed by atoms with E-state index in [1.54, 1.807) is 6.21 Å². The number of anilines is 2. The van der Waals surface area contributed by atoms with Gasteiger partial charge in [-0.05, 0) is 54.5 Å². The lowest BCUT2D eigenvalue weighted by Crippen LogP contribution is -2.24. The van der Waals surface area contributed by atoms with Gasteiger partial charge in [0.2, 0.25) is 0 Å². The zero-order valence-corrected chi connectivity index (χ0v) is 15.7. The molecule has 132 valence electrons. The van der Waals surface area contributed by atoms with Crippen LogP contribution in [0.3, 0.4) is 0 Å². The van der Waals surface area contributed by atoms with E-state index in [0.717, 1.165) is 22.5 Å². The number of hydrogen-bond acceptors (Lipinski definition) is 4. The Morgan fingerprint density at radius 1 is 1.28 bits per heavy atom. The van der Waals surface area contributed by atoms with Gasteiger partial charge in [0, 0.05) is 30.0 Å². The Bertz CT molecular complexity index is 749. The molecule has 0 fully saturated rings. The molecule has 3 N–H and O–H groups in total. The smallest absolute Gasteiger partial charge is 0.191 e. The minimum Gasteiger partial charge on any atom is -0.395 e. The molecule has 0 amide bonds. The third-order valence-corrected chi connectivity index (χ3v) is 4.27. The molecule has 2 aromatic carbocycles. The van der Waals surface area contributed by atoms with Crippen LogP contribution in [0.15, 0.2) is 47.6 Å². The average molecular weight is 377 g/mol. The highest BCUT2D eigenvalue weighted by atomic mass is 35.5. The SMILES string of the molecule is Cc1c(Cl)cccc1NC(=S)N/N=C\c1ccc(N(C)CCO)cc1. The fourth-order valence-corrected chi connectivity index (χ4v) is 2.49. The summed E-state index contributed by atoms with van der Waals surface area (Å²) in [5, 5.41) is 17.2. The molecule has 0 radical (unpaired) electrons. The summed E-state index contributed by atoms with van der Waals surface area (Å²) in [7, 11) is 1.93. The van der Waals surface area contributed by atoms with Crippen LogP contribution in [0, 0.1) is 6.92 Å². The largest absolute Gasteiger partial charge is 0.395 e. The van der Waals surface area contributed by atoms with Gasteiger partial charge in [-0.25, -0.2) is 0 Å². The average Bonchev–Trinajstić information content (AvgIpc) is 2.60. The molecule has 2 aromatic rings. The molecule has 0 aliphatic rings. The molecular formula is C18H21ClN4OS. The van der Waals surface area contributed by atoms with E-state index in [1.807, 2.05) is 61.3 Å². The van der Waals surface area contributed by atoms with Crippen LogP contribution < -0.4 is 15.6 Å². The van der Waals surface area contributed by atoms with Crippen LogP contribution in [-0.2, 0) is 0 Å². The number of aliphatic hydroxyl groups is 1. The van der Waals surface area contributed by atoms with Crippen molar-refractivity contribution in [2.45, 2.75) is 6.92 Å². The third-order valence-electron chi connectivity index (χ3n) is 3.66. The van der Waals surface area contributed by atoms with Crippen LogP contribution >= 0.6 is 23.8 Å². The van der Waals surface area contributed by atoms with E-state index >= 15 is 0 Å². The molecule has 25 heavy (non-hydrogen) atoms. The molecule has 0 atom stereocenters. The second-order valence-corrected chi connectivity index (χ2v) is 6.29. The number of benzene rings is 2. The lowest BCUT2D eigenvalue weighted by molar-refractivity contribution is 0.304. The maximum Gasteiger partial charge on any atom is 0.191 e. The Labute approximate surface area is 158 Å². The zero-order chi connectivity index (χ0) is 18.2. The van der Waals surface area contributed by atoms with Gasteiger partial charge in [-0.1, -0.05) is 29.8 Å². The van der Waals surface area contributed by atoms with Crippen LogP contribution in [0.2, 0.25) is 5.02 Å². The second-order valence-electron chi connectivity index (χ2n) is 5.47. The molecule has 0 aromatic heterocycles. The Kier molecular flexibility index (Phi) is 7.18.